The second kappa shape index (κ2) is 6.29. The summed E-state index contributed by atoms with van der Waals surface area (Å²) in [6, 6.07) is 8.66. The Morgan fingerprint density at radius 2 is 1.84 bits per heavy atom. The minimum atomic E-state index is -0.0341. The fourth-order valence-corrected chi connectivity index (χ4v) is 2.37. The number of aliphatic hydroxyl groups excluding tert-OH is 1. The molecule has 0 aliphatic carbocycles. The summed E-state index contributed by atoms with van der Waals surface area (Å²) in [5.41, 5.74) is 2.42. The Bertz CT molecular complexity index is 378. The number of hydrogen-bond acceptors (Lipinski definition) is 3. The fraction of sp³-hybridized carbons (Fsp3) is 0.625. The molecule has 0 saturated carbocycles. The van der Waals surface area contributed by atoms with E-state index in [4.69, 9.17) is 0 Å². The van der Waals surface area contributed by atoms with Crippen LogP contribution in [0.3, 0.4) is 0 Å². The van der Waals surface area contributed by atoms with Gasteiger partial charge in [-0.15, -0.1) is 0 Å². The normalized spacial score (nSPS) is 18.4. The summed E-state index contributed by atoms with van der Waals surface area (Å²) in [5.74, 6) is 0. The maximum atomic E-state index is 9.40. The Kier molecular flexibility index (Phi) is 4.70. The number of hydrogen-bond donors (Lipinski definition) is 2. The summed E-state index contributed by atoms with van der Waals surface area (Å²) in [7, 11) is 0. The quantitative estimate of drug-likeness (QED) is 0.827. The molecular formula is C16H26N2O. The monoisotopic (exact) mass is 262 g/mol. The van der Waals surface area contributed by atoms with Crippen LogP contribution < -0.4 is 10.2 Å². The van der Waals surface area contributed by atoms with E-state index in [0.717, 1.165) is 18.7 Å². The summed E-state index contributed by atoms with van der Waals surface area (Å²) in [6.07, 6.45) is 3.60. The Labute approximate surface area is 116 Å². The van der Waals surface area contributed by atoms with Crippen LogP contribution >= 0.6 is 0 Å². The Hall–Kier alpha value is -1.22. The van der Waals surface area contributed by atoms with Crippen molar-refractivity contribution in [3.63, 3.8) is 0 Å². The minimum absolute atomic E-state index is 0.0341. The summed E-state index contributed by atoms with van der Waals surface area (Å²) >= 11 is 0. The molecule has 1 unspecified atom stereocenters. The molecule has 2 N–H and O–H groups in total. The van der Waals surface area contributed by atoms with Crippen LogP contribution in [0.4, 0.5) is 11.4 Å². The van der Waals surface area contributed by atoms with E-state index in [1.165, 1.54) is 31.6 Å². The van der Waals surface area contributed by atoms with Gasteiger partial charge in [-0.3, -0.25) is 0 Å². The van der Waals surface area contributed by atoms with Crippen molar-refractivity contribution in [2.75, 3.05) is 36.5 Å². The van der Waals surface area contributed by atoms with Crippen molar-refractivity contribution in [1.29, 1.82) is 0 Å². The SMILES string of the molecule is CCC(C)(CO)CNc1ccc(N2CCCC2)cc1. The van der Waals surface area contributed by atoms with E-state index in [-0.39, 0.29) is 12.0 Å². The molecule has 1 aliphatic rings. The second-order valence-electron chi connectivity index (χ2n) is 5.92. The van der Waals surface area contributed by atoms with E-state index >= 15 is 0 Å². The number of rotatable bonds is 6. The van der Waals surface area contributed by atoms with Gasteiger partial charge in [-0.1, -0.05) is 13.8 Å². The molecule has 1 aromatic carbocycles. The average Bonchev–Trinajstić information content (AvgIpc) is 2.99. The molecule has 1 aromatic rings. The van der Waals surface area contributed by atoms with Crippen molar-refractivity contribution in [2.24, 2.45) is 5.41 Å². The lowest BCUT2D eigenvalue weighted by atomic mass is 9.88. The predicted octanol–water partition coefficient (Wildman–Crippen LogP) is 3.11. The highest BCUT2D eigenvalue weighted by Crippen LogP contribution is 2.24. The maximum Gasteiger partial charge on any atom is 0.0501 e. The molecule has 1 saturated heterocycles. The molecule has 106 valence electrons. The number of aliphatic hydroxyl groups is 1. The maximum absolute atomic E-state index is 9.40. The van der Waals surface area contributed by atoms with E-state index in [9.17, 15) is 5.11 Å². The molecule has 1 heterocycles. The predicted molar refractivity (Wildman–Crippen MR) is 81.9 cm³/mol. The molecule has 0 spiro atoms. The third-order valence-corrected chi connectivity index (χ3v) is 4.29. The third kappa shape index (κ3) is 3.63. The van der Waals surface area contributed by atoms with Crippen molar-refractivity contribution < 1.29 is 5.11 Å². The fourth-order valence-electron chi connectivity index (χ4n) is 2.37. The summed E-state index contributed by atoms with van der Waals surface area (Å²) < 4.78 is 0. The smallest absolute Gasteiger partial charge is 0.0501 e. The van der Waals surface area contributed by atoms with Crippen molar-refractivity contribution in [1.82, 2.24) is 0 Å². The summed E-state index contributed by atoms with van der Waals surface area (Å²) in [5, 5.41) is 12.8. The van der Waals surface area contributed by atoms with Gasteiger partial charge in [0.25, 0.3) is 0 Å². The lowest BCUT2D eigenvalue weighted by molar-refractivity contribution is 0.149. The molecule has 0 bridgehead atoms. The zero-order valence-electron chi connectivity index (χ0n) is 12.2. The molecular weight excluding hydrogens is 236 g/mol. The van der Waals surface area contributed by atoms with Gasteiger partial charge < -0.3 is 15.3 Å². The van der Waals surface area contributed by atoms with Crippen LogP contribution in [0.2, 0.25) is 0 Å². The molecule has 1 fully saturated rings. The average molecular weight is 262 g/mol. The first-order chi connectivity index (χ1) is 9.17. The number of nitrogens with zero attached hydrogens (tertiary/aromatic N) is 1. The summed E-state index contributed by atoms with van der Waals surface area (Å²) in [6.45, 7) is 7.63. The van der Waals surface area contributed by atoms with Gasteiger partial charge in [0, 0.05) is 36.4 Å². The van der Waals surface area contributed by atoms with E-state index in [1.807, 2.05) is 0 Å². The molecule has 3 heteroatoms. The van der Waals surface area contributed by atoms with Gasteiger partial charge in [0.15, 0.2) is 0 Å². The van der Waals surface area contributed by atoms with Crippen molar-refractivity contribution in [2.45, 2.75) is 33.1 Å². The molecule has 0 amide bonds. The highest BCUT2D eigenvalue weighted by atomic mass is 16.3. The van der Waals surface area contributed by atoms with Crippen LogP contribution in [0.5, 0.6) is 0 Å². The van der Waals surface area contributed by atoms with E-state index in [2.05, 4.69) is 48.3 Å². The van der Waals surface area contributed by atoms with Crippen LogP contribution in [0, 0.1) is 5.41 Å². The highest BCUT2D eigenvalue weighted by molar-refractivity contribution is 5.55. The molecule has 0 radical (unpaired) electrons. The second-order valence-corrected chi connectivity index (χ2v) is 5.92. The van der Waals surface area contributed by atoms with E-state index in [1.54, 1.807) is 0 Å². The number of benzene rings is 1. The molecule has 1 atom stereocenters. The Morgan fingerprint density at radius 1 is 1.21 bits per heavy atom. The zero-order valence-corrected chi connectivity index (χ0v) is 12.2. The number of nitrogens with one attached hydrogen (secondary N) is 1. The van der Waals surface area contributed by atoms with Gasteiger partial charge in [-0.05, 0) is 43.5 Å². The van der Waals surface area contributed by atoms with Crippen LogP contribution in [0.15, 0.2) is 24.3 Å². The topological polar surface area (TPSA) is 35.5 Å². The van der Waals surface area contributed by atoms with Crippen LogP contribution in [0.1, 0.15) is 33.1 Å². The lowest BCUT2D eigenvalue weighted by Crippen LogP contribution is -2.29. The van der Waals surface area contributed by atoms with Gasteiger partial charge in [0.05, 0.1) is 6.61 Å². The summed E-state index contributed by atoms with van der Waals surface area (Å²) in [4.78, 5) is 2.44. The van der Waals surface area contributed by atoms with E-state index < -0.39 is 0 Å². The van der Waals surface area contributed by atoms with Crippen molar-refractivity contribution in [3.8, 4) is 0 Å². The molecule has 3 nitrogen and oxygen atoms in total. The van der Waals surface area contributed by atoms with Gasteiger partial charge in [0.2, 0.25) is 0 Å². The molecule has 2 rings (SSSR count). The van der Waals surface area contributed by atoms with Gasteiger partial charge >= 0.3 is 0 Å². The first kappa shape index (κ1) is 14.2. The zero-order chi connectivity index (χ0) is 13.7. The van der Waals surface area contributed by atoms with Crippen molar-refractivity contribution in [3.05, 3.63) is 24.3 Å². The Balaban J connectivity index is 1.91. The first-order valence-corrected chi connectivity index (χ1v) is 7.36. The lowest BCUT2D eigenvalue weighted by Gasteiger charge is -2.26. The largest absolute Gasteiger partial charge is 0.396 e. The number of anilines is 2. The molecule has 1 aliphatic heterocycles. The standard InChI is InChI=1S/C16H26N2O/c1-3-16(2,13-19)12-17-14-6-8-15(9-7-14)18-10-4-5-11-18/h6-9,17,19H,3-5,10-13H2,1-2H3. The van der Waals surface area contributed by atoms with Crippen LogP contribution in [0.25, 0.3) is 0 Å². The molecule has 0 aromatic heterocycles. The van der Waals surface area contributed by atoms with Crippen LogP contribution in [-0.4, -0.2) is 31.3 Å². The Morgan fingerprint density at radius 3 is 2.37 bits per heavy atom. The highest BCUT2D eigenvalue weighted by Gasteiger charge is 2.20. The van der Waals surface area contributed by atoms with Gasteiger partial charge in [0.1, 0.15) is 0 Å². The third-order valence-electron chi connectivity index (χ3n) is 4.29. The first-order valence-electron chi connectivity index (χ1n) is 7.36. The molecule has 19 heavy (non-hydrogen) atoms. The van der Waals surface area contributed by atoms with Crippen LogP contribution in [-0.2, 0) is 0 Å². The van der Waals surface area contributed by atoms with Crippen molar-refractivity contribution >= 4 is 11.4 Å². The van der Waals surface area contributed by atoms with Gasteiger partial charge in [-0.25, -0.2) is 0 Å². The van der Waals surface area contributed by atoms with Gasteiger partial charge in [-0.2, -0.15) is 0 Å². The van der Waals surface area contributed by atoms with E-state index in [0.29, 0.717) is 0 Å². The minimum Gasteiger partial charge on any atom is -0.396 e.